The Morgan fingerprint density at radius 1 is 0.912 bits per heavy atom. The number of carbonyl (C=O) groups is 2. The number of benzene rings is 2. The van der Waals surface area contributed by atoms with Crippen LogP contribution in [0.5, 0.6) is 5.75 Å². The van der Waals surface area contributed by atoms with Crippen molar-refractivity contribution in [2.45, 2.75) is 26.8 Å². The molecule has 2 aromatic heterocycles. The number of imide groups is 1. The number of aryl methyl sites for hydroxylation is 1. The maximum Gasteiger partial charge on any atom is 0.259 e. The molecule has 3 N–H and O–H groups in total. The highest BCUT2D eigenvalue weighted by Crippen LogP contribution is 2.40. The molecule has 34 heavy (non-hydrogen) atoms. The summed E-state index contributed by atoms with van der Waals surface area (Å²) in [6.45, 7) is 7.90. The fraction of sp³-hybridized carbons (Fsp3) is 0.259. The number of fused-ring (bicyclic) bond motifs is 2. The third-order valence-electron chi connectivity index (χ3n) is 6.70. The summed E-state index contributed by atoms with van der Waals surface area (Å²) in [4.78, 5) is 31.6. The number of aromatic hydroxyl groups is 1. The molecule has 0 spiro atoms. The number of hydrogen-bond acceptors (Lipinski definition) is 4. The van der Waals surface area contributed by atoms with E-state index in [1.807, 2.05) is 41.1 Å². The maximum absolute atomic E-state index is 13.1. The lowest BCUT2D eigenvalue weighted by atomic mass is 9.95. The van der Waals surface area contributed by atoms with Crippen LogP contribution in [-0.2, 0) is 16.1 Å². The highest BCUT2D eigenvalue weighted by atomic mass is 16.3. The summed E-state index contributed by atoms with van der Waals surface area (Å²) in [5.74, 6) is -0.672. The van der Waals surface area contributed by atoms with Crippen molar-refractivity contribution in [3.8, 4) is 5.75 Å². The van der Waals surface area contributed by atoms with Gasteiger partial charge in [-0.2, -0.15) is 0 Å². The fourth-order valence-electron chi connectivity index (χ4n) is 4.97. The van der Waals surface area contributed by atoms with Crippen LogP contribution in [0, 0.1) is 0 Å². The minimum Gasteiger partial charge on any atom is -0.506 e. The van der Waals surface area contributed by atoms with E-state index in [9.17, 15) is 14.7 Å². The van der Waals surface area contributed by atoms with Crippen molar-refractivity contribution < 1.29 is 14.7 Å². The fourth-order valence-corrected chi connectivity index (χ4v) is 4.97. The van der Waals surface area contributed by atoms with Crippen LogP contribution in [0.3, 0.4) is 0 Å². The highest BCUT2D eigenvalue weighted by molar-refractivity contribution is 6.50. The average Bonchev–Trinajstić information content (AvgIpc) is 3.50. The average molecular weight is 457 g/mol. The molecule has 174 valence electrons. The van der Waals surface area contributed by atoms with Gasteiger partial charge in [-0.05, 0) is 38.2 Å². The lowest BCUT2D eigenvalue weighted by Crippen LogP contribution is -2.24. The Hall–Kier alpha value is -3.84. The predicted octanol–water partition coefficient (Wildman–Crippen LogP) is 4.13. The summed E-state index contributed by atoms with van der Waals surface area (Å²) in [5.41, 5.74) is 3.61. The molecule has 1 aliphatic heterocycles. The number of para-hydroxylation sites is 2. The number of carbonyl (C=O) groups excluding carboxylic acids is 2. The van der Waals surface area contributed by atoms with Gasteiger partial charge in [0.2, 0.25) is 0 Å². The molecule has 3 heterocycles. The maximum atomic E-state index is 13.1. The number of rotatable bonds is 8. The van der Waals surface area contributed by atoms with Crippen LogP contribution < -0.4 is 5.32 Å². The van der Waals surface area contributed by atoms with Gasteiger partial charge in [0.1, 0.15) is 5.75 Å². The molecule has 2 amide bonds. The molecule has 0 fully saturated rings. The van der Waals surface area contributed by atoms with Crippen molar-refractivity contribution in [3.05, 3.63) is 66.0 Å². The van der Waals surface area contributed by atoms with Crippen molar-refractivity contribution >= 4 is 44.8 Å². The molecule has 7 nitrogen and oxygen atoms in total. The Bertz CT molecular complexity index is 1440. The molecular formula is C27H28N4O3. The van der Waals surface area contributed by atoms with E-state index in [2.05, 4.69) is 29.0 Å². The van der Waals surface area contributed by atoms with Gasteiger partial charge in [-0.1, -0.05) is 44.2 Å². The van der Waals surface area contributed by atoms with Gasteiger partial charge in [0.15, 0.2) is 0 Å². The molecule has 1 aliphatic rings. The van der Waals surface area contributed by atoms with E-state index in [1.54, 1.807) is 18.3 Å². The van der Waals surface area contributed by atoms with Crippen LogP contribution in [0.1, 0.15) is 31.4 Å². The van der Waals surface area contributed by atoms with Crippen LogP contribution in [0.2, 0.25) is 0 Å². The van der Waals surface area contributed by atoms with E-state index in [0.717, 1.165) is 42.3 Å². The SMILES string of the molecule is CCN(CC)CCCn1cc(C2=C(c3c[nH]c4ccccc34)C(=O)NC2=O)c2cccc(O)c21. The number of nitrogens with one attached hydrogen (secondary N) is 2. The largest absolute Gasteiger partial charge is 0.506 e. The molecule has 0 radical (unpaired) electrons. The van der Waals surface area contributed by atoms with Crippen LogP contribution in [0.25, 0.3) is 33.0 Å². The molecule has 2 aromatic carbocycles. The summed E-state index contributed by atoms with van der Waals surface area (Å²) in [6.07, 6.45) is 4.58. The number of H-pyrrole nitrogens is 1. The molecule has 0 aliphatic carbocycles. The van der Waals surface area contributed by atoms with Gasteiger partial charge < -0.3 is 19.6 Å². The predicted molar refractivity (Wildman–Crippen MR) is 134 cm³/mol. The van der Waals surface area contributed by atoms with Crippen molar-refractivity contribution in [1.82, 2.24) is 19.8 Å². The van der Waals surface area contributed by atoms with E-state index in [4.69, 9.17) is 0 Å². The Kier molecular flexibility index (Phi) is 5.71. The van der Waals surface area contributed by atoms with E-state index in [0.29, 0.717) is 34.3 Å². The van der Waals surface area contributed by atoms with E-state index in [-0.39, 0.29) is 5.75 Å². The zero-order chi connectivity index (χ0) is 23.8. The summed E-state index contributed by atoms with van der Waals surface area (Å²) in [5, 5.41) is 14.8. The second kappa shape index (κ2) is 8.83. The van der Waals surface area contributed by atoms with E-state index >= 15 is 0 Å². The van der Waals surface area contributed by atoms with Gasteiger partial charge >= 0.3 is 0 Å². The van der Waals surface area contributed by atoms with Gasteiger partial charge in [0.05, 0.1) is 16.7 Å². The molecule has 0 saturated carbocycles. The summed E-state index contributed by atoms with van der Waals surface area (Å²) in [6, 6.07) is 13.0. The number of hydrogen-bond donors (Lipinski definition) is 3. The number of amides is 2. The first-order valence-corrected chi connectivity index (χ1v) is 11.7. The number of nitrogens with zero attached hydrogens (tertiary/aromatic N) is 2. The molecule has 0 bridgehead atoms. The number of aromatic amines is 1. The molecular weight excluding hydrogens is 428 g/mol. The van der Waals surface area contributed by atoms with Crippen molar-refractivity contribution in [2.75, 3.05) is 19.6 Å². The summed E-state index contributed by atoms with van der Waals surface area (Å²) in [7, 11) is 0. The van der Waals surface area contributed by atoms with Crippen LogP contribution >= 0.6 is 0 Å². The van der Waals surface area contributed by atoms with Gasteiger partial charge in [0.25, 0.3) is 11.8 Å². The van der Waals surface area contributed by atoms with Crippen molar-refractivity contribution in [1.29, 1.82) is 0 Å². The van der Waals surface area contributed by atoms with Gasteiger partial charge in [-0.3, -0.25) is 14.9 Å². The van der Waals surface area contributed by atoms with E-state index in [1.165, 1.54) is 0 Å². The van der Waals surface area contributed by atoms with Crippen molar-refractivity contribution in [3.63, 3.8) is 0 Å². The van der Waals surface area contributed by atoms with E-state index < -0.39 is 11.8 Å². The molecule has 0 saturated heterocycles. The summed E-state index contributed by atoms with van der Waals surface area (Å²) < 4.78 is 2.00. The quantitative estimate of drug-likeness (QED) is 0.348. The minimum absolute atomic E-state index is 0.158. The Labute approximate surface area is 197 Å². The molecule has 4 aromatic rings. The number of aromatic nitrogens is 2. The Morgan fingerprint density at radius 3 is 2.38 bits per heavy atom. The topological polar surface area (TPSA) is 90.4 Å². The Morgan fingerprint density at radius 2 is 1.62 bits per heavy atom. The van der Waals surface area contributed by atoms with Gasteiger partial charge in [-0.15, -0.1) is 0 Å². The van der Waals surface area contributed by atoms with Crippen LogP contribution in [0.15, 0.2) is 54.9 Å². The monoisotopic (exact) mass is 456 g/mol. The standard InChI is InChI=1S/C27H28N4O3/c1-3-30(4-2)13-8-14-31-16-20(18-10-7-12-22(32)25(18)31)24-23(26(33)29-27(24)34)19-15-28-21-11-6-5-9-17(19)21/h5-7,9-12,15-16,28,32H,3-4,8,13-14H2,1-2H3,(H,29,33,34). The first-order chi connectivity index (χ1) is 16.5. The zero-order valence-corrected chi connectivity index (χ0v) is 19.4. The third kappa shape index (κ3) is 3.58. The van der Waals surface area contributed by atoms with Crippen molar-refractivity contribution in [2.24, 2.45) is 0 Å². The lowest BCUT2D eigenvalue weighted by Gasteiger charge is -2.18. The zero-order valence-electron chi connectivity index (χ0n) is 19.4. The molecule has 0 unspecified atom stereocenters. The molecule has 7 heteroatoms. The highest BCUT2D eigenvalue weighted by Gasteiger charge is 2.35. The lowest BCUT2D eigenvalue weighted by molar-refractivity contribution is -0.122. The normalized spacial score (nSPS) is 14.2. The van der Waals surface area contributed by atoms with Crippen LogP contribution in [0.4, 0.5) is 0 Å². The first kappa shape index (κ1) is 22.0. The Balaban J connectivity index is 1.66. The minimum atomic E-state index is -0.421. The van der Waals surface area contributed by atoms with Crippen LogP contribution in [-0.4, -0.2) is 51.0 Å². The smallest absolute Gasteiger partial charge is 0.259 e. The number of phenolic OH excluding ortho intramolecular Hbond substituents is 1. The molecule has 5 rings (SSSR count). The second-order valence-electron chi connectivity index (χ2n) is 8.57. The molecule has 0 atom stereocenters. The third-order valence-corrected chi connectivity index (χ3v) is 6.70. The first-order valence-electron chi connectivity index (χ1n) is 11.7. The number of phenols is 1. The summed E-state index contributed by atoms with van der Waals surface area (Å²) >= 11 is 0. The van der Waals surface area contributed by atoms with Gasteiger partial charge in [0, 0.05) is 46.4 Å². The second-order valence-corrected chi connectivity index (χ2v) is 8.57. The van der Waals surface area contributed by atoms with Gasteiger partial charge in [-0.25, -0.2) is 0 Å².